The fourth-order valence-electron chi connectivity index (χ4n) is 4.73. The Morgan fingerprint density at radius 1 is 1.24 bits per heavy atom. The Balaban J connectivity index is 1.76. The van der Waals surface area contributed by atoms with Gasteiger partial charge in [-0.1, -0.05) is 6.92 Å². The quantitative estimate of drug-likeness (QED) is 0.677. The van der Waals surface area contributed by atoms with Crippen LogP contribution >= 0.6 is 0 Å². The number of anilines is 2. The molecule has 2 amide bonds. The third-order valence-corrected chi connectivity index (χ3v) is 6.49. The van der Waals surface area contributed by atoms with Crippen molar-refractivity contribution in [1.82, 2.24) is 20.2 Å². The summed E-state index contributed by atoms with van der Waals surface area (Å²) in [6, 6.07) is 9.86. The summed E-state index contributed by atoms with van der Waals surface area (Å²) in [5.41, 5.74) is 3.68. The number of nitrogens with zero attached hydrogens (tertiary/aromatic N) is 5. The number of likely N-dealkylation sites (N-methyl/N-ethyl adjacent to an activating group) is 1. The lowest BCUT2D eigenvalue weighted by atomic mass is 9.95. The number of aromatic nitrogens is 2. The molecule has 2 aromatic rings. The summed E-state index contributed by atoms with van der Waals surface area (Å²) < 4.78 is 5.67. The number of hydrogen-bond acceptors (Lipinski definition) is 7. The van der Waals surface area contributed by atoms with Gasteiger partial charge in [0.1, 0.15) is 5.82 Å². The fraction of sp³-hybridized carbons (Fsp3) is 0.520. The molecule has 1 aromatic heterocycles. The number of carbonyl (C=O) groups excluding carboxylic acids is 1. The van der Waals surface area contributed by atoms with Crippen LogP contribution in [-0.2, 0) is 11.2 Å². The molecule has 2 atom stereocenters. The van der Waals surface area contributed by atoms with Crippen molar-refractivity contribution >= 4 is 17.5 Å². The second-order valence-corrected chi connectivity index (χ2v) is 8.67. The third kappa shape index (κ3) is 4.98. The first-order valence-electron chi connectivity index (χ1n) is 12.1. The molecule has 180 valence electrons. The van der Waals surface area contributed by atoms with Gasteiger partial charge >= 0.3 is 6.03 Å². The Morgan fingerprint density at radius 2 is 2.03 bits per heavy atom. The van der Waals surface area contributed by atoms with Gasteiger partial charge in [-0.15, -0.1) is 0 Å². The Kier molecular flexibility index (Phi) is 7.60. The highest BCUT2D eigenvalue weighted by Gasteiger charge is 2.33. The minimum absolute atomic E-state index is 0.0470. The molecule has 0 radical (unpaired) electrons. The van der Waals surface area contributed by atoms with E-state index in [0.717, 1.165) is 48.7 Å². The number of nitrogens with one attached hydrogen (secondary N) is 2. The van der Waals surface area contributed by atoms with Gasteiger partial charge in [-0.25, -0.2) is 14.8 Å². The van der Waals surface area contributed by atoms with Gasteiger partial charge in [0.15, 0.2) is 5.82 Å². The van der Waals surface area contributed by atoms with Gasteiger partial charge in [0.05, 0.1) is 43.5 Å². The van der Waals surface area contributed by atoms with E-state index in [9.17, 15) is 10.1 Å². The van der Waals surface area contributed by atoms with E-state index in [2.05, 4.69) is 40.4 Å². The topological polar surface area (TPSA) is 106 Å². The van der Waals surface area contributed by atoms with Gasteiger partial charge in [0, 0.05) is 36.4 Å². The molecule has 1 saturated heterocycles. The lowest BCUT2D eigenvalue weighted by molar-refractivity contribution is 0.0982. The monoisotopic (exact) mass is 463 g/mol. The molecule has 3 heterocycles. The number of fused-ring (bicyclic) bond motifs is 1. The summed E-state index contributed by atoms with van der Waals surface area (Å²) in [4.78, 5) is 26.6. The number of carbonyl (C=O) groups is 1. The van der Waals surface area contributed by atoms with Crippen molar-refractivity contribution in [3.63, 3.8) is 0 Å². The average molecular weight is 464 g/mol. The van der Waals surface area contributed by atoms with Crippen molar-refractivity contribution in [2.24, 2.45) is 0 Å². The summed E-state index contributed by atoms with van der Waals surface area (Å²) in [5.74, 6) is 1.59. The highest BCUT2D eigenvalue weighted by Crippen LogP contribution is 2.37. The van der Waals surface area contributed by atoms with E-state index in [0.29, 0.717) is 37.7 Å². The summed E-state index contributed by atoms with van der Waals surface area (Å²) in [5, 5.41) is 15.1. The molecule has 0 aliphatic carbocycles. The third-order valence-electron chi connectivity index (χ3n) is 6.49. The molecule has 4 rings (SSSR count). The summed E-state index contributed by atoms with van der Waals surface area (Å²) >= 11 is 0. The van der Waals surface area contributed by atoms with Crippen LogP contribution < -0.4 is 15.5 Å². The molecule has 0 bridgehead atoms. The second kappa shape index (κ2) is 10.8. The fourth-order valence-corrected chi connectivity index (χ4v) is 4.73. The predicted molar refractivity (Wildman–Crippen MR) is 132 cm³/mol. The smallest absolute Gasteiger partial charge is 0.319 e. The van der Waals surface area contributed by atoms with Crippen molar-refractivity contribution in [2.75, 3.05) is 49.6 Å². The molecule has 2 aliphatic heterocycles. The van der Waals surface area contributed by atoms with Gasteiger partial charge in [0.25, 0.3) is 0 Å². The standard InChI is InChI=1S/C25H33N7O2/c1-4-27-25(33)28-19-8-6-18(7-9-19)23-29-22-20(11-13-31(5-2)21(22)10-12-26)24(30-23)32-14-15-34-16-17(32)3/h6-9,17,21H,4-5,10-11,13-16H2,1-3H3,(H2,27,28,33). The van der Waals surface area contributed by atoms with Crippen molar-refractivity contribution in [1.29, 1.82) is 5.26 Å². The number of hydrogen-bond donors (Lipinski definition) is 2. The summed E-state index contributed by atoms with van der Waals surface area (Å²) in [6.07, 6.45) is 1.25. The molecule has 1 fully saturated rings. The lowest BCUT2D eigenvalue weighted by Crippen LogP contribution is -2.46. The van der Waals surface area contributed by atoms with Crippen molar-refractivity contribution < 1.29 is 9.53 Å². The number of ether oxygens (including phenoxy) is 1. The van der Waals surface area contributed by atoms with Crippen LogP contribution in [0, 0.1) is 11.3 Å². The van der Waals surface area contributed by atoms with E-state index < -0.39 is 0 Å². The highest BCUT2D eigenvalue weighted by atomic mass is 16.5. The number of rotatable bonds is 6. The first kappa shape index (κ1) is 23.9. The van der Waals surface area contributed by atoms with Gasteiger partial charge < -0.3 is 20.3 Å². The minimum atomic E-state index is -0.233. The van der Waals surface area contributed by atoms with Crippen LogP contribution in [0.25, 0.3) is 11.4 Å². The number of benzene rings is 1. The Hall–Kier alpha value is -3.22. The van der Waals surface area contributed by atoms with E-state index in [1.165, 1.54) is 0 Å². The van der Waals surface area contributed by atoms with E-state index >= 15 is 0 Å². The molecular formula is C25H33N7O2. The Bertz CT molecular complexity index is 1050. The van der Waals surface area contributed by atoms with Crippen LogP contribution in [0.2, 0.25) is 0 Å². The first-order chi connectivity index (χ1) is 16.5. The van der Waals surface area contributed by atoms with Crippen molar-refractivity contribution in [3.8, 4) is 17.5 Å². The van der Waals surface area contributed by atoms with E-state index in [-0.39, 0.29) is 18.1 Å². The summed E-state index contributed by atoms with van der Waals surface area (Å²) in [6.45, 7) is 10.6. The van der Waals surface area contributed by atoms with Crippen LogP contribution in [0.5, 0.6) is 0 Å². The molecule has 2 aliphatic rings. The van der Waals surface area contributed by atoms with Crippen LogP contribution in [0.4, 0.5) is 16.3 Å². The zero-order valence-corrected chi connectivity index (χ0v) is 20.2. The molecule has 34 heavy (non-hydrogen) atoms. The maximum absolute atomic E-state index is 11.8. The van der Waals surface area contributed by atoms with E-state index in [4.69, 9.17) is 14.7 Å². The van der Waals surface area contributed by atoms with Crippen molar-refractivity contribution in [3.05, 3.63) is 35.5 Å². The molecular weight excluding hydrogens is 430 g/mol. The maximum Gasteiger partial charge on any atom is 0.319 e. The maximum atomic E-state index is 11.8. The van der Waals surface area contributed by atoms with Gasteiger partial charge in [0.2, 0.25) is 0 Å². The molecule has 9 heteroatoms. The van der Waals surface area contributed by atoms with Gasteiger partial charge in [-0.05, 0) is 51.1 Å². The Labute approximate surface area is 201 Å². The second-order valence-electron chi connectivity index (χ2n) is 8.67. The van der Waals surface area contributed by atoms with Crippen LogP contribution in [0.3, 0.4) is 0 Å². The number of morpholine rings is 1. The van der Waals surface area contributed by atoms with Gasteiger partial charge in [-0.3, -0.25) is 4.90 Å². The van der Waals surface area contributed by atoms with E-state index in [1.807, 2.05) is 31.2 Å². The average Bonchev–Trinajstić information content (AvgIpc) is 2.85. The molecule has 0 spiro atoms. The van der Waals surface area contributed by atoms with Crippen LogP contribution in [-0.4, -0.2) is 66.3 Å². The molecule has 1 aromatic carbocycles. The number of urea groups is 1. The molecule has 2 unspecified atom stereocenters. The highest BCUT2D eigenvalue weighted by molar-refractivity contribution is 5.89. The van der Waals surface area contributed by atoms with E-state index in [1.54, 1.807) is 0 Å². The molecule has 9 nitrogen and oxygen atoms in total. The van der Waals surface area contributed by atoms with Crippen LogP contribution in [0.1, 0.15) is 44.5 Å². The largest absolute Gasteiger partial charge is 0.377 e. The number of nitriles is 1. The normalized spacial score (nSPS) is 20.4. The van der Waals surface area contributed by atoms with Gasteiger partial charge in [-0.2, -0.15) is 5.26 Å². The van der Waals surface area contributed by atoms with Crippen LogP contribution in [0.15, 0.2) is 24.3 Å². The zero-order chi connectivity index (χ0) is 24.1. The van der Waals surface area contributed by atoms with Crippen molar-refractivity contribution in [2.45, 2.75) is 45.7 Å². The molecule has 2 N–H and O–H groups in total. The summed E-state index contributed by atoms with van der Waals surface area (Å²) in [7, 11) is 0. The SMILES string of the molecule is CCNC(=O)Nc1ccc(-c2nc3c(c(N4CCOCC4C)n2)CCN(CC)C3CC#N)cc1. The molecule has 0 saturated carbocycles. The lowest BCUT2D eigenvalue weighted by Gasteiger charge is -2.40. The predicted octanol–water partition coefficient (Wildman–Crippen LogP) is 3.34. The minimum Gasteiger partial charge on any atom is -0.377 e. The number of amides is 2. The first-order valence-corrected chi connectivity index (χ1v) is 12.1. The zero-order valence-electron chi connectivity index (χ0n) is 20.2. The Morgan fingerprint density at radius 3 is 2.71 bits per heavy atom.